The maximum absolute atomic E-state index is 13.1. The maximum Gasteiger partial charge on any atom is 0.266 e. The summed E-state index contributed by atoms with van der Waals surface area (Å²) in [5.41, 5.74) is 2.91. The fourth-order valence-electron chi connectivity index (χ4n) is 4.14. The average Bonchev–Trinajstić information content (AvgIpc) is 3.40. The molecular weight excluding hydrogens is 456 g/mol. The van der Waals surface area contributed by atoms with E-state index in [0.29, 0.717) is 35.8 Å². The fourth-order valence-corrected chi connectivity index (χ4v) is 4.14. The minimum atomic E-state index is -0.465. The van der Waals surface area contributed by atoms with Crippen molar-refractivity contribution in [1.29, 1.82) is 0 Å². The van der Waals surface area contributed by atoms with Crippen molar-refractivity contribution in [2.45, 2.75) is 20.4 Å². The summed E-state index contributed by atoms with van der Waals surface area (Å²) in [5.74, 6) is 0.332. The van der Waals surface area contributed by atoms with Gasteiger partial charge in [0, 0.05) is 30.2 Å². The zero-order valence-electron chi connectivity index (χ0n) is 19.9. The largest absolute Gasteiger partial charge is 0.494 e. The Balaban J connectivity index is 1.30. The molecule has 0 aliphatic carbocycles. The number of imidazole rings is 1. The number of aromatic nitrogens is 2. The Morgan fingerprint density at radius 3 is 2.33 bits per heavy atom. The fraction of sp³-hybridized carbons (Fsp3) is 0.143. The predicted molar refractivity (Wildman–Crippen MR) is 136 cm³/mol. The van der Waals surface area contributed by atoms with E-state index in [1.54, 1.807) is 36.5 Å². The van der Waals surface area contributed by atoms with Gasteiger partial charge in [0.25, 0.3) is 17.7 Å². The zero-order valence-corrected chi connectivity index (χ0v) is 19.9. The summed E-state index contributed by atoms with van der Waals surface area (Å²) in [6.45, 7) is 5.03. The molecule has 0 radical (unpaired) electrons. The summed E-state index contributed by atoms with van der Waals surface area (Å²) < 4.78 is 7.46. The van der Waals surface area contributed by atoms with Gasteiger partial charge in [-0.3, -0.25) is 14.4 Å². The number of benzene rings is 3. The summed E-state index contributed by atoms with van der Waals surface area (Å²) in [6.07, 6.45) is 3.68. The first-order valence-corrected chi connectivity index (χ1v) is 11.6. The van der Waals surface area contributed by atoms with Crippen molar-refractivity contribution in [3.8, 4) is 5.75 Å². The highest BCUT2D eigenvalue weighted by Gasteiger charge is 2.37. The number of amides is 3. The predicted octanol–water partition coefficient (Wildman–Crippen LogP) is 4.69. The summed E-state index contributed by atoms with van der Waals surface area (Å²) in [6, 6.07) is 18.8. The van der Waals surface area contributed by atoms with Gasteiger partial charge in [0.2, 0.25) is 0 Å². The van der Waals surface area contributed by atoms with Gasteiger partial charge in [0.1, 0.15) is 11.6 Å². The van der Waals surface area contributed by atoms with Crippen molar-refractivity contribution in [3.05, 3.63) is 107 Å². The molecule has 2 heterocycles. The highest BCUT2D eigenvalue weighted by Crippen LogP contribution is 2.30. The van der Waals surface area contributed by atoms with Crippen LogP contribution >= 0.6 is 0 Å². The van der Waals surface area contributed by atoms with Crippen molar-refractivity contribution < 1.29 is 19.1 Å². The molecule has 0 atom stereocenters. The van der Waals surface area contributed by atoms with Gasteiger partial charge in [0.05, 0.1) is 23.4 Å². The van der Waals surface area contributed by atoms with Gasteiger partial charge in [-0.1, -0.05) is 12.1 Å². The number of nitrogens with zero attached hydrogens (tertiary/aromatic N) is 3. The SMILES string of the molecule is CCOc1ccc(N2C(=O)c3ccc(C(=O)Nc4ccc(Cn5ccnc5C)cc4)cc3C2=O)cc1. The molecular formula is C28H24N4O4. The van der Waals surface area contributed by atoms with Crippen LogP contribution in [-0.4, -0.2) is 33.9 Å². The number of hydrogen-bond acceptors (Lipinski definition) is 5. The molecule has 0 bridgehead atoms. The van der Waals surface area contributed by atoms with Gasteiger partial charge < -0.3 is 14.6 Å². The Hall–Kier alpha value is -4.72. The lowest BCUT2D eigenvalue weighted by Gasteiger charge is -2.14. The van der Waals surface area contributed by atoms with Crippen LogP contribution in [0.25, 0.3) is 0 Å². The van der Waals surface area contributed by atoms with Crippen molar-refractivity contribution in [2.24, 2.45) is 0 Å². The molecule has 3 aromatic carbocycles. The number of fused-ring (bicyclic) bond motifs is 1. The quantitative estimate of drug-likeness (QED) is 0.387. The standard InChI is InChI=1S/C28H24N4O4/c1-3-36-23-11-9-22(10-12-23)32-27(34)24-13-6-20(16-25(24)28(32)35)26(33)30-21-7-4-19(5-8-21)17-31-15-14-29-18(31)2/h4-16H,3,17H2,1-2H3,(H,30,33). The molecule has 5 rings (SSSR count). The van der Waals surface area contributed by atoms with Crippen LogP contribution in [0.3, 0.4) is 0 Å². The smallest absolute Gasteiger partial charge is 0.266 e. The number of ether oxygens (including phenoxy) is 1. The molecule has 8 heteroatoms. The van der Waals surface area contributed by atoms with Crippen LogP contribution in [-0.2, 0) is 6.54 Å². The third-order valence-corrected chi connectivity index (χ3v) is 6.04. The molecule has 3 amide bonds. The third kappa shape index (κ3) is 4.36. The van der Waals surface area contributed by atoms with Gasteiger partial charge in [-0.25, -0.2) is 9.88 Å². The van der Waals surface area contributed by atoms with Crippen molar-refractivity contribution in [2.75, 3.05) is 16.8 Å². The first-order valence-electron chi connectivity index (χ1n) is 11.6. The van der Waals surface area contributed by atoms with Crippen LogP contribution < -0.4 is 15.0 Å². The second-order valence-electron chi connectivity index (χ2n) is 8.39. The van der Waals surface area contributed by atoms with E-state index in [9.17, 15) is 14.4 Å². The number of carbonyl (C=O) groups excluding carboxylic acids is 3. The van der Waals surface area contributed by atoms with E-state index in [2.05, 4.69) is 10.3 Å². The molecule has 1 aliphatic heterocycles. The Labute approximate surface area is 208 Å². The summed E-state index contributed by atoms with van der Waals surface area (Å²) in [7, 11) is 0. The highest BCUT2D eigenvalue weighted by molar-refractivity contribution is 6.34. The second kappa shape index (κ2) is 9.50. The van der Waals surface area contributed by atoms with Crippen LogP contribution in [0.1, 0.15) is 49.4 Å². The summed E-state index contributed by atoms with van der Waals surface area (Å²) >= 11 is 0. The van der Waals surface area contributed by atoms with Crippen LogP contribution in [0.4, 0.5) is 11.4 Å². The Bertz CT molecular complexity index is 1460. The van der Waals surface area contributed by atoms with Crippen LogP contribution in [0.2, 0.25) is 0 Å². The van der Waals surface area contributed by atoms with E-state index in [1.807, 2.05) is 48.9 Å². The van der Waals surface area contributed by atoms with E-state index < -0.39 is 11.8 Å². The molecule has 8 nitrogen and oxygen atoms in total. The van der Waals surface area contributed by atoms with Crippen molar-refractivity contribution in [3.63, 3.8) is 0 Å². The van der Waals surface area contributed by atoms with Gasteiger partial charge in [-0.05, 0) is 74.0 Å². The molecule has 0 saturated carbocycles. The van der Waals surface area contributed by atoms with Crippen LogP contribution in [0.15, 0.2) is 79.1 Å². The number of anilines is 2. The first-order chi connectivity index (χ1) is 17.4. The van der Waals surface area contributed by atoms with E-state index in [1.165, 1.54) is 12.1 Å². The molecule has 36 heavy (non-hydrogen) atoms. The highest BCUT2D eigenvalue weighted by atomic mass is 16.5. The Morgan fingerprint density at radius 2 is 1.67 bits per heavy atom. The monoisotopic (exact) mass is 480 g/mol. The first kappa shape index (κ1) is 23.0. The number of aryl methyl sites for hydroxylation is 1. The number of imide groups is 1. The zero-order chi connectivity index (χ0) is 25.2. The molecule has 1 aromatic heterocycles. The van der Waals surface area contributed by atoms with Gasteiger partial charge in [0.15, 0.2) is 0 Å². The third-order valence-electron chi connectivity index (χ3n) is 6.04. The number of rotatable bonds is 7. The number of carbonyl (C=O) groups is 3. The van der Waals surface area contributed by atoms with Gasteiger partial charge in [-0.15, -0.1) is 0 Å². The molecule has 0 unspecified atom stereocenters. The van der Waals surface area contributed by atoms with Crippen LogP contribution in [0.5, 0.6) is 5.75 Å². The lowest BCUT2D eigenvalue weighted by Crippen LogP contribution is -2.29. The summed E-state index contributed by atoms with van der Waals surface area (Å²) in [4.78, 5) is 44.2. The topological polar surface area (TPSA) is 93.5 Å². The van der Waals surface area contributed by atoms with Crippen LogP contribution in [0, 0.1) is 6.92 Å². The molecule has 180 valence electrons. The molecule has 0 fully saturated rings. The minimum absolute atomic E-state index is 0.201. The molecule has 1 aliphatic rings. The van der Waals surface area contributed by atoms with E-state index in [0.717, 1.165) is 16.3 Å². The summed E-state index contributed by atoms with van der Waals surface area (Å²) in [5, 5.41) is 2.85. The van der Waals surface area contributed by atoms with E-state index >= 15 is 0 Å². The van der Waals surface area contributed by atoms with E-state index in [-0.39, 0.29) is 17.0 Å². The number of nitrogens with one attached hydrogen (secondary N) is 1. The Morgan fingerprint density at radius 1 is 0.944 bits per heavy atom. The normalized spacial score (nSPS) is 12.6. The lowest BCUT2D eigenvalue weighted by atomic mass is 10.1. The Kier molecular flexibility index (Phi) is 6.08. The average molecular weight is 481 g/mol. The van der Waals surface area contributed by atoms with E-state index in [4.69, 9.17) is 4.74 Å². The van der Waals surface area contributed by atoms with Gasteiger partial charge >= 0.3 is 0 Å². The molecule has 1 N–H and O–H groups in total. The number of hydrogen-bond donors (Lipinski definition) is 1. The maximum atomic E-state index is 13.1. The van der Waals surface area contributed by atoms with Crippen molar-refractivity contribution in [1.82, 2.24) is 9.55 Å². The molecule has 0 saturated heterocycles. The van der Waals surface area contributed by atoms with Crippen molar-refractivity contribution >= 4 is 29.1 Å². The molecule has 4 aromatic rings. The minimum Gasteiger partial charge on any atom is -0.494 e. The van der Waals surface area contributed by atoms with Gasteiger partial charge in [-0.2, -0.15) is 0 Å². The second-order valence-corrected chi connectivity index (χ2v) is 8.39. The lowest BCUT2D eigenvalue weighted by molar-refractivity contribution is 0.0925. The molecule has 0 spiro atoms.